The Bertz CT molecular complexity index is 290. The van der Waals surface area contributed by atoms with E-state index in [4.69, 9.17) is 10.5 Å². The molecule has 0 aromatic carbocycles. The van der Waals surface area contributed by atoms with Crippen molar-refractivity contribution in [3.8, 4) is 0 Å². The van der Waals surface area contributed by atoms with Crippen LogP contribution in [0.2, 0.25) is 0 Å². The molecule has 0 spiro atoms. The number of carbonyl (C=O) groups excluding carboxylic acids is 1. The van der Waals surface area contributed by atoms with Crippen LogP contribution < -0.4 is 5.73 Å². The first-order chi connectivity index (χ1) is 8.95. The highest BCUT2D eigenvalue weighted by Gasteiger charge is 2.40. The molecule has 0 saturated heterocycles. The van der Waals surface area contributed by atoms with Crippen molar-refractivity contribution in [3.05, 3.63) is 0 Å². The summed E-state index contributed by atoms with van der Waals surface area (Å²) < 4.78 is 4.89. The monoisotopic (exact) mass is 269 g/mol. The number of nitrogens with two attached hydrogens (primary N) is 1. The van der Waals surface area contributed by atoms with Gasteiger partial charge in [-0.2, -0.15) is 0 Å². The summed E-state index contributed by atoms with van der Waals surface area (Å²) in [5.74, 6) is 1.40. The molecule has 19 heavy (non-hydrogen) atoms. The normalized spacial score (nSPS) is 29.9. The highest BCUT2D eigenvalue weighted by molar-refractivity contribution is 5.70. The predicted octanol–water partition coefficient (Wildman–Crippen LogP) is 3.51. The minimum atomic E-state index is -0.105. The van der Waals surface area contributed by atoms with Gasteiger partial charge in [-0.15, -0.1) is 0 Å². The van der Waals surface area contributed by atoms with Crippen LogP contribution in [0.1, 0.15) is 65.7 Å². The van der Waals surface area contributed by atoms with Crippen molar-refractivity contribution >= 4 is 5.97 Å². The second-order valence-corrected chi connectivity index (χ2v) is 6.57. The maximum Gasteiger partial charge on any atom is 0.306 e. The third kappa shape index (κ3) is 4.20. The fourth-order valence-corrected chi connectivity index (χ4v) is 3.60. The van der Waals surface area contributed by atoms with E-state index in [0.717, 1.165) is 31.1 Å². The molecule has 3 nitrogen and oxygen atoms in total. The third-order valence-corrected chi connectivity index (χ3v) is 5.16. The molecule has 1 fully saturated rings. The summed E-state index contributed by atoms with van der Waals surface area (Å²) in [6, 6.07) is 0.109. The Morgan fingerprint density at radius 3 is 2.58 bits per heavy atom. The van der Waals surface area contributed by atoms with Crippen molar-refractivity contribution < 1.29 is 9.53 Å². The average molecular weight is 269 g/mol. The molecule has 3 unspecified atom stereocenters. The van der Waals surface area contributed by atoms with E-state index in [-0.39, 0.29) is 17.4 Å². The lowest BCUT2D eigenvalue weighted by molar-refractivity contribution is -0.144. The van der Waals surface area contributed by atoms with Crippen molar-refractivity contribution in [2.24, 2.45) is 23.0 Å². The van der Waals surface area contributed by atoms with Crippen LogP contribution in [-0.2, 0) is 9.53 Å². The van der Waals surface area contributed by atoms with Crippen LogP contribution in [0.15, 0.2) is 0 Å². The number of methoxy groups -OCH3 is 1. The molecule has 0 heterocycles. The maximum atomic E-state index is 11.8. The summed E-state index contributed by atoms with van der Waals surface area (Å²) in [4.78, 5) is 11.8. The van der Waals surface area contributed by atoms with Crippen molar-refractivity contribution in [3.63, 3.8) is 0 Å². The predicted molar refractivity (Wildman–Crippen MR) is 78.7 cm³/mol. The molecular weight excluding hydrogens is 238 g/mol. The van der Waals surface area contributed by atoms with Crippen molar-refractivity contribution in [1.82, 2.24) is 0 Å². The number of rotatable bonds is 5. The van der Waals surface area contributed by atoms with Gasteiger partial charge in [-0.05, 0) is 42.9 Å². The molecule has 1 aliphatic carbocycles. The minimum absolute atomic E-state index is 0.0362. The van der Waals surface area contributed by atoms with Crippen LogP contribution in [0, 0.1) is 17.3 Å². The summed E-state index contributed by atoms with van der Waals surface area (Å²) in [5, 5.41) is 0. The lowest BCUT2D eigenvalue weighted by Crippen LogP contribution is -2.43. The molecule has 0 amide bonds. The third-order valence-electron chi connectivity index (χ3n) is 5.16. The zero-order valence-corrected chi connectivity index (χ0v) is 13.1. The minimum Gasteiger partial charge on any atom is -0.469 e. The average Bonchev–Trinajstić information content (AvgIpc) is 2.61. The van der Waals surface area contributed by atoms with Crippen LogP contribution in [0.4, 0.5) is 0 Å². The zero-order chi connectivity index (χ0) is 14.5. The zero-order valence-electron chi connectivity index (χ0n) is 13.1. The number of esters is 1. The standard InChI is InChI=1S/C16H31NO2/c1-5-14(17)16(11-15(18)19-4)9-6-7-13(8-10-16)12(2)3/h12-14H,5-11,17H2,1-4H3. The molecule has 1 saturated carbocycles. The van der Waals surface area contributed by atoms with E-state index in [9.17, 15) is 4.79 Å². The molecule has 3 heteroatoms. The Kier molecular flexibility index (Phi) is 6.31. The first-order valence-electron chi connectivity index (χ1n) is 7.77. The van der Waals surface area contributed by atoms with Gasteiger partial charge in [0.25, 0.3) is 0 Å². The van der Waals surface area contributed by atoms with Gasteiger partial charge in [0.15, 0.2) is 0 Å². The molecule has 3 atom stereocenters. The van der Waals surface area contributed by atoms with E-state index < -0.39 is 0 Å². The Labute approximate surface area is 118 Å². The van der Waals surface area contributed by atoms with Crippen LogP contribution >= 0.6 is 0 Å². The summed E-state index contributed by atoms with van der Waals surface area (Å²) in [6.07, 6.45) is 7.22. The van der Waals surface area contributed by atoms with Crippen LogP contribution in [-0.4, -0.2) is 19.1 Å². The molecular formula is C16H31NO2. The van der Waals surface area contributed by atoms with Crippen molar-refractivity contribution in [1.29, 1.82) is 0 Å². The van der Waals surface area contributed by atoms with Gasteiger partial charge >= 0.3 is 5.97 Å². The molecule has 1 rings (SSSR count). The summed E-state index contributed by atoms with van der Waals surface area (Å²) in [6.45, 7) is 6.73. The van der Waals surface area contributed by atoms with Gasteiger partial charge < -0.3 is 10.5 Å². The second kappa shape index (κ2) is 7.28. The van der Waals surface area contributed by atoms with Crippen LogP contribution in [0.5, 0.6) is 0 Å². The summed E-state index contributed by atoms with van der Waals surface area (Å²) in [5.41, 5.74) is 6.33. The Hall–Kier alpha value is -0.570. The first-order valence-corrected chi connectivity index (χ1v) is 7.77. The molecule has 0 aliphatic heterocycles. The number of ether oxygens (including phenoxy) is 1. The van der Waals surface area contributed by atoms with Crippen LogP contribution in [0.3, 0.4) is 0 Å². The van der Waals surface area contributed by atoms with Gasteiger partial charge in [-0.1, -0.05) is 33.6 Å². The van der Waals surface area contributed by atoms with Crippen LogP contribution in [0.25, 0.3) is 0 Å². The molecule has 0 radical (unpaired) electrons. The Balaban J connectivity index is 2.82. The summed E-state index contributed by atoms with van der Waals surface area (Å²) in [7, 11) is 1.47. The highest BCUT2D eigenvalue weighted by atomic mass is 16.5. The second-order valence-electron chi connectivity index (χ2n) is 6.57. The van der Waals surface area contributed by atoms with Gasteiger partial charge in [0.2, 0.25) is 0 Å². The lowest BCUT2D eigenvalue weighted by atomic mass is 9.70. The van der Waals surface area contributed by atoms with Gasteiger partial charge in [0, 0.05) is 6.04 Å². The SMILES string of the molecule is CCC(N)C1(CC(=O)OC)CCCC(C(C)C)CC1. The largest absolute Gasteiger partial charge is 0.469 e. The quantitative estimate of drug-likeness (QED) is 0.614. The molecule has 2 N–H and O–H groups in total. The van der Waals surface area contributed by atoms with E-state index in [1.54, 1.807) is 0 Å². The molecule has 0 bridgehead atoms. The van der Waals surface area contributed by atoms with Crippen molar-refractivity contribution in [2.75, 3.05) is 7.11 Å². The van der Waals surface area contributed by atoms with E-state index in [0.29, 0.717) is 6.42 Å². The van der Waals surface area contributed by atoms with Gasteiger partial charge in [0.05, 0.1) is 13.5 Å². The van der Waals surface area contributed by atoms with E-state index >= 15 is 0 Å². The smallest absolute Gasteiger partial charge is 0.306 e. The maximum absolute atomic E-state index is 11.8. The topological polar surface area (TPSA) is 52.3 Å². The highest BCUT2D eigenvalue weighted by Crippen LogP contribution is 2.44. The van der Waals surface area contributed by atoms with Crippen molar-refractivity contribution in [2.45, 2.75) is 71.8 Å². The first kappa shape index (κ1) is 16.5. The number of hydrogen-bond donors (Lipinski definition) is 1. The fraction of sp³-hybridized carbons (Fsp3) is 0.938. The Morgan fingerprint density at radius 2 is 2.05 bits per heavy atom. The van der Waals surface area contributed by atoms with Gasteiger partial charge in [0.1, 0.15) is 0 Å². The van der Waals surface area contributed by atoms with E-state index in [1.807, 2.05) is 0 Å². The van der Waals surface area contributed by atoms with Gasteiger partial charge in [-0.3, -0.25) is 4.79 Å². The number of hydrogen-bond acceptors (Lipinski definition) is 3. The summed E-state index contributed by atoms with van der Waals surface area (Å²) >= 11 is 0. The van der Waals surface area contributed by atoms with E-state index in [2.05, 4.69) is 20.8 Å². The molecule has 112 valence electrons. The fourth-order valence-electron chi connectivity index (χ4n) is 3.60. The van der Waals surface area contributed by atoms with Gasteiger partial charge in [-0.25, -0.2) is 0 Å². The molecule has 0 aromatic heterocycles. The van der Waals surface area contributed by atoms with E-state index in [1.165, 1.54) is 26.4 Å². The molecule has 1 aliphatic rings. The number of carbonyl (C=O) groups is 1. The Morgan fingerprint density at radius 1 is 1.37 bits per heavy atom. The lowest BCUT2D eigenvalue weighted by Gasteiger charge is -2.37. The molecule has 0 aromatic rings.